The van der Waals surface area contributed by atoms with Gasteiger partial charge in [-0.25, -0.2) is 0 Å². The van der Waals surface area contributed by atoms with Crippen molar-refractivity contribution < 1.29 is 28.5 Å². The molecule has 0 aliphatic heterocycles. The van der Waals surface area contributed by atoms with Gasteiger partial charge in [0.05, 0.1) is 35.0 Å². The lowest BCUT2D eigenvalue weighted by Crippen LogP contribution is -2.43. The Morgan fingerprint density at radius 3 is 2.08 bits per heavy atom. The predicted octanol–water partition coefficient (Wildman–Crippen LogP) is 5.21. The normalized spacial score (nSPS) is 10.6. The number of aryl methyl sites for hydroxylation is 1. The lowest BCUT2D eigenvalue weighted by Gasteiger charge is -2.28. The number of carbonyl (C=O) groups excluding carboxylic acids is 2. The largest absolute Gasteiger partial charge is 0.497 e. The maximum absolute atomic E-state index is 13.7. The van der Waals surface area contributed by atoms with Crippen LogP contribution in [0, 0.1) is 6.92 Å². The van der Waals surface area contributed by atoms with Gasteiger partial charge in [0.25, 0.3) is 5.91 Å². The maximum Gasteiger partial charge on any atom is 0.254 e. The molecule has 0 bridgehead atoms. The molecule has 0 N–H and O–H groups in total. The molecule has 2 amide bonds. The highest BCUT2D eigenvalue weighted by Gasteiger charge is 2.24. The number of benzene rings is 2. The Balaban J connectivity index is 1.82. The Morgan fingerprint density at radius 1 is 0.821 bits per heavy atom. The minimum absolute atomic E-state index is 0.0252. The second kappa shape index (κ2) is 14.4. The van der Waals surface area contributed by atoms with Gasteiger partial charge in [-0.3, -0.25) is 9.59 Å². The first-order chi connectivity index (χ1) is 18.8. The second-order valence-corrected chi connectivity index (χ2v) is 10.1. The lowest BCUT2D eigenvalue weighted by atomic mass is 10.1. The summed E-state index contributed by atoms with van der Waals surface area (Å²) in [6.07, 6.45) is 1.35. The molecule has 1 heterocycles. The van der Waals surface area contributed by atoms with Crippen molar-refractivity contribution in [3.8, 4) is 23.0 Å². The van der Waals surface area contributed by atoms with Crippen LogP contribution in [0.15, 0.2) is 47.8 Å². The van der Waals surface area contributed by atoms with E-state index in [1.807, 2.05) is 42.3 Å². The molecule has 2 aromatic carbocycles. The molecule has 3 rings (SSSR count). The minimum atomic E-state index is -0.241. The summed E-state index contributed by atoms with van der Waals surface area (Å²) in [7, 11) is 6.29. The molecule has 8 nitrogen and oxygen atoms in total. The van der Waals surface area contributed by atoms with Crippen LogP contribution in [0.5, 0.6) is 23.0 Å². The highest BCUT2D eigenvalue weighted by molar-refractivity contribution is 7.10. The van der Waals surface area contributed by atoms with E-state index in [1.54, 1.807) is 62.9 Å². The fraction of sp³-hybridized carbons (Fsp3) is 0.400. The van der Waals surface area contributed by atoms with Crippen molar-refractivity contribution in [2.45, 2.75) is 33.2 Å². The first kappa shape index (κ1) is 29.8. The zero-order valence-electron chi connectivity index (χ0n) is 23.6. The molecule has 9 heteroatoms. The van der Waals surface area contributed by atoms with Crippen molar-refractivity contribution in [3.63, 3.8) is 0 Å². The van der Waals surface area contributed by atoms with Crippen molar-refractivity contribution in [1.29, 1.82) is 0 Å². The van der Waals surface area contributed by atoms with Crippen LogP contribution in [0.4, 0.5) is 0 Å². The van der Waals surface area contributed by atoms with Crippen LogP contribution >= 0.6 is 11.3 Å². The summed E-state index contributed by atoms with van der Waals surface area (Å²) < 4.78 is 21.5. The zero-order valence-corrected chi connectivity index (χ0v) is 24.4. The van der Waals surface area contributed by atoms with Crippen LogP contribution < -0.4 is 18.9 Å². The molecule has 0 radical (unpaired) electrons. The molecule has 3 aromatic rings. The average Bonchev–Trinajstić information content (AvgIpc) is 3.37. The van der Waals surface area contributed by atoms with Crippen molar-refractivity contribution >= 4 is 23.2 Å². The number of ether oxygens (including phenoxy) is 4. The van der Waals surface area contributed by atoms with E-state index in [1.165, 1.54) is 0 Å². The topological polar surface area (TPSA) is 77.5 Å². The van der Waals surface area contributed by atoms with Crippen LogP contribution in [0.1, 0.15) is 39.7 Å². The molecule has 0 unspecified atom stereocenters. The minimum Gasteiger partial charge on any atom is -0.497 e. The van der Waals surface area contributed by atoms with Crippen molar-refractivity contribution in [3.05, 3.63) is 69.4 Å². The fourth-order valence-electron chi connectivity index (χ4n) is 4.23. The van der Waals surface area contributed by atoms with Gasteiger partial charge < -0.3 is 28.7 Å². The van der Waals surface area contributed by atoms with Crippen molar-refractivity contribution in [2.75, 3.05) is 48.1 Å². The van der Waals surface area contributed by atoms with E-state index < -0.39 is 0 Å². The number of carbonyl (C=O) groups is 2. The molecule has 0 saturated carbocycles. The molecule has 0 fully saturated rings. The van der Waals surface area contributed by atoms with Gasteiger partial charge in [-0.1, -0.05) is 13.0 Å². The standard InChI is InChI=1S/C30H38N2O6S/c1-7-12-32(30(34)23-16-24(35-3)18-25(17-23)36-4)20-29(33)31(19-28-21(2)11-14-39-28)13-10-22-8-9-26(37-5)27(15-22)38-6/h8-9,11,14-18H,7,10,12-13,19-20H2,1-6H3. The number of hydrogen-bond donors (Lipinski definition) is 0. The van der Waals surface area contributed by atoms with E-state index >= 15 is 0 Å². The maximum atomic E-state index is 13.7. The number of rotatable bonds is 14. The Hall–Kier alpha value is -3.72. The Labute approximate surface area is 235 Å². The first-order valence-corrected chi connectivity index (χ1v) is 13.7. The number of thiophene rings is 1. The molecule has 210 valence electrons. The van der Waals surface area contributed by atoms with E-state index in [4.69, 9.17) is 18.9 Å². The quantitative estimate of drug-likeness (QED) is 0.272. The lowest BCUT2D eigenvalue weighted by molar-refractivity contribution is -0.132. The summed E-state index contributed by atoms with van der Waals surface area (Å²) in [5, 5.41) is 2.03. The molecule has 39 heavy (non-hydrogen) atoms. The third-order valence-corrected chi connectivity index (χ3v) is 7.49. The number of nitrogens with zero attached hydrogens (tertiary/aromatic N) is 2. The van der Waals surface area contributed by atoms with E-state index in [0.717, 1.165) is 22.4 Å². The van der Waals surface area contributed by atoms with Crippen LogP contribution in [-0.4, -0.2) is 69.7 Å². The summed E-state index contributed by atoms with van der Waals surface area (Å²) in [5.41, 5.74) is 2.59. The molecule has 1 aromatic heterocycles. The van der Waals surface area contributed by atoms with Gasteiger partial charge in [0.2, 0.25) is 5.91 Å². The SMILES string of the molecule is CCCN(CC(=O)N(CCc1ccc(OC)c(OC)c1)Cc1sccc1C)C(=O)c1cc(OC)cc(OC)c1. The van der Waals surface area contributed by atoms with E-state index in [-0.39, 0.29) is 18.4 Å². The van der Waals surface area contributed by atoms with Crippen LogP contribution in [0.2, 0.25) is 0 Å². The van der Waals surface area contributed by atoms with Crippen molar-refractivity contribution in [2.24, 2.45) is 0 Å². The molecule has 0 aliphatic rings. The average molecular weight is 555 g/mol. The third-order valence-electron chi connectivity index (χ3n) is 6.48. The highest BCUT2D eigenvalue weighted by atomic mass is 32.1. The first-order valence-electron chi connectivity index (χ1n) is 12.9. The van der Waals surface area contributed by atoms with Gasteiger partial charge in [0.15, 0.2) is 11.5 Å². The molecular formula is C30H38N2O6S. The predicted molar refractivity (Wildman–Crippen MR) is 153 cm³/mol. The summed E-state index contributed by atoms with van der Waals surface area (Å²) in [4.78, 5) is 31.8. The number of methoxy groups -OCH3 is 4. The van der Waals surface area contributed by atoms with E-state index in [2.05, 4.69) is 6.07 Å². The number of hydrogen-bond acceptors (Lipinski definition) is 7. The molecular weight excluding hydrogens is 516 g/mol. The van der Waals surface area contributed by atoms with Gasteiger partial charge in [0, 0.05) is 29.6 Å². The van der Waals surface area contributed by atoms with Crippen LogP contribution in [0.25, 0.3) is 0 Å². The van der Waals surface area contributed by atoms with Gasteiger partial charge in [-0.05, 0) is 66.6 Å². The molecule has 0 aliphatic carbocycles. The Morgan fingerprint density at radius 2 is 1.51 bits per heavy atom. The van der Waals surface area contributed by atoms with Crippen LogP contribution in [0.3, 0.4) is 0 Å². The van der Waals surface area contributed by atoms with E-state index in [0.29, 0.717) is 54.6 Å². The summed E-state index contributed by atoms with van der Waals surface area (Å²) in [6.45, 7) is 5.43. The summed E-state index contributed by atoms with van der Waals surface area (Å²) in [6, 6.07) is 12.9. The Bertz CT molecular complexity index is 1240. The van der Waals surface area contributed by atoms with Gasteiger partial charge in [-0.15, -0.1) is 11.3 Å². The Kier molecular flexibility index (Phi) is 11.0. The summed E-state index contributed by atoms with van der Waals surface area (Å²) in [5.74, 6) is 1.99. The highest BCUT2D eigenvalue weighted by Crippen LogP contribution is 2.28. The fourth-order valence-corrected chi connectivity index (χ4v) is 5.15. The molecule has 0 atom stereocenters. The van der Waals surface area contributed by atoms with Crippen LogP contribution in [-0.2, 0) is 17.8 Å². The monoisotopic (exact) mass is 554 g/mol. The van der Waals surface area contributed by atoms with E-state index in [9.17, 15) is 9.59 Å². The third kappa shape index (κ3) is 7.89. The van der Waals surface area contributed by atoms with Gasteiger partial charge in [0.1, 0.15) is 18.0 Å². The van der Waals surface area contributed by atoms with Crippen molar-refractivity contribution in [1.82, 2.24) is 9.80 Å². The molecule has 0 saturated heterocycles. The van der Waals surface area contributed by atoms with Gasteiger partial charge in [-0.2, -0.15) is 0 Å². The number of amides is 2. The smallest absolute Gasteiger partial charge is 0.254 e. The zero-order chi connectivity index (χ0) is 28.4. The molecule has 0 spiro atoms. The summed E-state index contributed by atoms with van der Waals surface area (Å²) >= 11 is 1.63. The van der Waals surface area contributed by atoms with Gasteiger partial charge >= 0.3 is 0 Å². The second-order valence-electron chi connectivity index (χ2n) is 9.11.